The number of hydrogen-bond acceptors (Lipinski definition) is 4. The molecule has 3 unspecified atom stereocenters. The number of aliphatic hydroxyl groups excluding tert-OH is 3. The van der Waals surface area contributed by atoms with E-state index in [2.05, 4.69) is 6.92 Å². The van der Waals surface area contributed by atoms with Gasteiger partial charge in [0.05, 0.1) is 6.61 Å². The molecule has 26 heavy (non-hydrogen) atoms. The van der Waals surface area contributed by atoms with Gasteiger partial charge in [-0.3, -0.25) is 0 Å². The summed E-state index contributed by atoms with van der Waals surface area (Å²) in [5.74, 6) is 0. The molecule has 3 atom stereocenters. The molecule has 0 rings (SSSR count). The van der Waals surface area contributed by atoms with E-state index in [1.165, 1.54) is 64.2 Å². The minimum absolute atomic E-state index is 0.0239. The molecule has 0 aromatic carbocycles. The average Bonchev–Trinajstić information content (AvgIpc) is 2.55. The highest BCUT2D eigenvalue weighted by Crippen LogP contribution is 2.15. The van der Waals surface area contributed by atoms with Crippen LogP contribution in [0.1, 0.15) is 97.3 Å². The van der Waals surface area contributed by atoms with E-state index in [9.17, 15) is 15.4 Å². The summed E-state index contributed by atoms with van der Waals surface area (Å²) in [5.41, 5.74) is 0. The summed E-state index contributed by atoms with van der Waals surface area (Å²) in [4.78, 5) is 0. The zero-order valence-corrected chi connectivity index (χ0v) is 17.4. The van der Waals surface area contributed by atoms with Crippen LogP contribution in [0.5, 0.6) is 0 Å². The lowest BCUT2D eigenvalue weighted by atomic mass is 10.0. The first-order chi connectivity index (χ1) is 12.4. The lowest BCUT2D eigenvalue weighted by Crippen LogP contribution is -2.52. The van der Waals surface area contributed by atoms with E-state index < -0.39 is 16.9 Å². The quantitative estimate of drug-likeness (QED) is 0.180. The van der Waals surface area contributed by atoms with Gasteiger partial charge in [0.2, 0.25) is 0 Å². The molecule has 0 aromatic rings. The maximum absolute atomic E-state index is 12.5. The Bertz CT molecular complexity index is 302. The molecule has 158 valence electrons. The topological polar surface area (TPSA) is 83.8 Å². The highest BCUT2D eigenvalue weighted by atomic mass is 16.6. The molecule has 5 nitrogen and oxygen atoms in total. The van der Waals surface area contributed by atoms with Crippen molar-refractivity contribution in [3.63, 3.8) is 0 Å². The summed E-state index contributed by atoms with van der Waals surface area (Å²) in [6.07, 6.45) is 14.6. The van der Waals surface area contributed by atoms with Crippen LogP contribution in [-0.4, -0.2) is 58.4 Å². The van der Waals surface area contributed by atoms with Crippen molar-refractivity contribution in [2.24, 2.45) is 0 Å². The Morgan fingerprint density at radius 1 is 0.769 bits per heavy atom. The molecule has 0 aromatic heterocycles. The second-order valence-electron chi connectivity index (χ2n) is 8.05. The van der Waals surface area contributed by atoms with Gasteiger partial charge in [-0.15, -0.1) is 0 Å². The Morgan fingerprint density at radius 3 is 1.65 bits per heavy atom. The van der Waals surface area contributed by atoms with Crippen LogP contribution in [0.3, 0.4) is 0 Å². The molecular formula is C21H45NO4. The summed E-state index contributed by atoms with van der Waals surface area (Å²) in [5, 5.41) is 41.1. The molecule has 0 spiro atoms. The summed E-state index contributed by atoms with van der Waals surface area (Å²) in [6.45, 7) is 3.71. The minimum atomic E-state index is -0.724. The zero-order valence-electron chi connectivity index (χ0n) is 17.4. The van der Waals surface area contributed by atoms with Gasteiger partial charge in [-0.25, -0.2) is 0 Å². The minimum Gasteiger partial charge on any atom is -0.633 e. The molecule has 0 fully saturated rings. The molecule has 0 saturated heterocycles. The lowest BCUT2D eigenvalue weighted by molar-refractivity contribution is -0.887. The summed E-state index contributed by atoms with van der Waals surface area (Å²) in [6, 6.07) is 0. The van der Waals surface area contributed by atoms with Crippen LogP contribution in [0.2, 0.25) is 0 Å². The number of aliphatic hydroxyl groups is 3. The van der Waals surface area contributed by atoms with Gasteiger partial charge < -0.3 is 25.2 Å². The molecule has 0 radical (unpaired) electrons. The van der Waals surface area contributed by atoms with Gasteiger partial charge in [0.1, 0.15) is 31.8 Å². The van der Waals surface area contributed by atoms with Crippen molar-refractivity contribution in [1.82, 2.24) is 0 Å². The Morgan fingerprint density at radius 2 is 1.23 bits per heavy atom. The van der Waals surface area contributed by atoms with Gasteiger partial charge in [0, 0.05) is 0 Å². The van der Waals surface area contributed by atoms with Gasteiger partial charge in [-0.2, -0.15) is 0 Å². The van der Waals surface area contributed by atoms with E-state index in [1.54, 1.807) is 6.92 Å². The lowest BCUT2D eigenvalue weighted by Gasteiger charge is -2.44. The van der Waals surface area contributed by atoms with Gasteiger partial charge in [0.15, 0.2) is 0 Å². The molecule has 0 amide bonds. The third-order valence-electron chi connectivity index (χ3n) is 5.04. The molecule has 0 bridgehead atoms. The normalized spacial score (nSPS) is 16.4. The smallest absolute Gasteiger partial charge is 0.105 e. The molecule has 0 aliphatic rings. The summed E-state index contributed by atoms with van der Waals surface area (Å²) in [7, 11) is 0. The van der Waals surface area contributed by atoms with Crippen LogP contribution >= 0.6 is 0 Å². The fourth-order valence-corrected chi connectivity index (χ4v) is 3.62. The Kier molecular flexibility index (Phi) is 16.8. The number of quaternary nitrogens is 1. The van der Waals surface area contributed by atoms with Gasteiger partial charge >= 0.3 is 0 Å². The molecule has 3 N–H and O–H groups in total. The molecule has 0 heterocycles. The molecule has 0 aliphatic carbocycles. The number of unbranched alkanes of at least 4 members (excludes halogenated alkanes) is 11. The predicted octanol–water partition coefficient (Wildman–Crippen LogP) is 4.13. The van der Waals surface area contributed by atoms with E-state index in [0.29, 0.717) is 6.42 Å². The van der Waals surface area contributed by atoms with Crippen LogP contribution in [0.4, 0.5) is 0 Å². The van der Waals surface area contributed by atoms with Crippen LogP contribution < -0.4 is 0 Å². The van der Waals surface area contributed by atoms with Crippen LogP contribution in [0, 0.1) is 5.21 Å². The highest BCUT2D eigenvalue weighted by Gasteiger charge is 2.23. The first-order valence-electron chi connectivity index (χ1n) is 11.0. The zero-order chi connectivity index (χ0) is 19.7. The third-order valence-corrected chi connectivity index (χ3v) is 5.04. The highest BCUT2D eigenvalue weighted by molar-refractivity contribution is 4.60. The van der Waals surface area contributed by atoms with Crippen molar-refractivity contribution >= 4 is 0 Å². The van der Waals surface area contributed by atoms with Crippen molar-refractivity contribution in [2.45, 2.75) is 110 Å². The van der Waals surface area contributed by atoms with Crippen molar-refractivity contribution in [1.29, 1.82) is 0 Å². The third kappa shape index (κ3) is 16.0. The number of hydrogen-bond donors (Lipinski definition) is 3. The Balaban J connectivity index is 3.59. The van der Waals surface area contributed by atoms with Crippen molar-refractivity contribution in [2.75, 3.05) is 26.2 Å². The maximum atomic E-state index is 12.5. The first-order valence-corrected chi connectivity index (χ1v) is 11.0. The standard InChI is InChI=1S/C21H45NO4/c1-3-4-5-6-7-8-9-10-11-12-13-14-15-21(25)19-22(26,16-17-23)18-20(2)24/h20-21,23-25H,3-19H2,1-2H3. The van der Waals surface area contributed by atoms with E-state index in [1.807, 2.05) is 0 Å². The first kappa shape index (κ1) is 25.8. The molecule has 5 heteroatoms. The molecule has 0 saturated carbocycles. The summed E-state index contributed by atoms with van der Waals surface area (Å²) >= 11 is 0. The maximum Gasteiger partial charge on any atom is 0.105 e. The van der Waals surface area contributed by atoms with Gasteiger partial charge in [-0.05, 0) is 13.3 Å². The second kappa shape index (κ2) is 16.9. The fraction of sp³-hybridized carbons (Fsp3) is 1.00. The molecular weight excluding hydrogens is 330 g/mol. The number of hydroxylamine groups is 3. The van der Waals surface area contributed by atoms with E-state index in [0.717, 1.165) is 12.8 Å². The second-order valence-corrected chi connectivity index (χ2v) is 8.05. The van der Waals surface area contributed by atoms with E-state index >= 15 is 0 Å². The average molecular weight is 376 g/mol. The van der Waals surface area contributed by atoms with Gasteiger partial charge in [0.25, 0.3) is 0 Å². The predicted molar refractivity (Wildman–Crippen MR) is 109 cm³/mol. The molecule has 0 aliphatic heterocycles. The Hall–Kier alpha value is -0.200. The summed E-state index contributed by atoms with van der Waals surface area (Å²) < 4.78 is -0.715. The van der Waals surface area contributed by atoms with Gasteiger partial charge in [-0.1, -0.05) is 84.0 Å². The van der Waals surface area contributed by atoms with E-state index in [4.69, 9.17) is 5.11 Å². The number of nitrogens with zero attached hydrogens (tertiary/aromatic N) is 1. The largest absolute Gasteiger partial charge is 0.633 e. The SMILES string of the molecule is CCCCCCCCCCCCCCC(O)C[N+]([O-])(CCO)CC(C)O. The Labute approximate surface area is 161 Å². The van der Waals surface area contributed by atoms with Crippen molar-refractivity contribution in [3.8, 4) is 0 Å². The van der Waals surface area contributed by atoms with E-state index in [-0.39, 0.29) is 26.2 Å². The van der Waals surface area contributed by atoms with Crippen molar-refractivity contribution < 1.29 is 20.0 Å². The van der Waals surface area contributed by atoms with Crippen LogP contribution in [0.15, 0.2) is 0 Å². The van der Waals surface area contributed by atoms with Crippen LogP contribution in [0.25, 0.3) is 0 Å². The number of rotatable bonds is 19. The van der Waals surface area contributed by atoms with Crippen LogP contribution in [-0.2, 0) is 0 Å². The van der Waals surface area contributed by atoms with Crippen molar-refractivity contribution in [3.05, 3.63) is 5.21 Å². The monoisotopic (exact) mass is 375 g/mol. The fourth-order valence-electron chi connectivity index (χ4n) is 3.62.